The minimum absolute atomic E-state index is 0.193. The van der Waals surface area contributed by atoms with Gasteiger partial charge in [-0.25, -0.2) is 4.90 Å². The van der Waals surface area contributed by atoms with Gasteiger partial charge >= 0.3 is 0 Å². The lowest BCUT2D eigenvalue weighted by atomic mass is 9.75. The molecular formula is C23H19ClN4O5. The summed E-state index contributed by atoms with van der Waals surface area (Å²) in [6, 6.07) is 9.05. The number of hydrogen-bond donors (Lipinski definition) is 1. The van der Waals surface area contributed by atoms with Gasteiger partial charge in [-0.3, -0.25) is 29.4 Å². The molecule has 3 fully saturated rings. The number of non-ortho nitro benzene ring substituents is 1. The lowest BCUT2D eigenvalue weighted by Crippen LogP contribution is -2.54. The number of amides is 3. The van der Waals surface area contributed by atoms with Gasteiger partial charge in [-0.2, -0.15) is 0 Å². The highest BCUT2D eigenvalue weighted by Gasteiger charge is 2.74. The average Bonchev–Trinajstić information content (AvgIpc) is 3.48. The van der Waals surface area contributed by atoms with Crippen LogP contribution in [0.5, 0.6) is 0 Å². The first-order valence-electron chi connectivity index (χ1n) is 10.8. The molecule has 0 saturated carbocycles. The number of aryl methyl sites for hydroxylation is 1. The maximum atomic E-state index is 14.0. The second-order valence-electron chi connectivity index (χ2n) is 9.03. The van der Waals surface area contributed by atoms with Crippen molar-refractivity contribution in [3.63, 3.8) is 0 Å². The van der Waals surface area contributed by atoms with E-state index < -0.39 is 34.1 Å². The minimum atomic E-state index is -1.33. The number of halogens is 1. The molecule has 0 radical (unpaired) electrons. The van der Waals surface area contributed by atoms with E-state index in [2.05, 4.69) is 5.32 Å². The van der Waals surface area contributed by atoms with E-state index in [4.69, 9.17) is 11.6 Å². The SMILES string of the molecule is Cc1ccc([N+](=O)[O-])cc1N1C(=O)[C@@H]2[C@H]3CCCN3[C@@]3(C(=O)Nc4c(Cl)cccc43)[C@@H]2C1=O. The highest BCUT2D eigenvalue weighted by molar-refractivity contribution is 6.35. The van der Waals surface area contributed by atoms with Gasteiger partial charge in [-0.1, -0.05) is 29.8 Å². The number of nitrogens with zero attached hydrogens (tertiary/aromatic N) is 3. The van der Waals surface area contributed by atoms with Crippen molar-refractivity contribution in [3.05, 3.63) is 62.7 Å². The van der Waals surface area contributed by atoms with E-state index in [1.165, 1.54) is 18.2 Å². The number of anilines is 2. The topological polar surface area (TPSA) is 113 Å². The lowest BCUT2D eigenvalue weighted by molar-refractivity contribution is -0.384. The number of nitro benzene ring substituents is 1. The molecule has 1 N–H and O–H groups in total. The monoisotopic (exact) mass is 466 g/mol. The molecule has 3 amide bonds. The van der Waals surface area contributed by atoms with Crippen molar-refractivity contribution in [2.75, 3.05) is 16.8 Å². The van der Waals surface area contributed by atoms with Crippen LogP contribution in [0.15, 0.2) is 36.4 Å². The second kappa shape index (κ2) is 6.61. The summed E-state index contributed by atoms with van der Waals surface area (Å²) in [6.07, 6.45) is 1.49. The third-order valence-corrected chi connectivity index (χ3v) is 7.94. The molecule has 4 atom stereocenters. The van der Waals surface area contributed by atoms with Gasteiger partial charge in [0.25, 0.3) is 11.6 Å². The Kier molecular flexibility index (Phi) is 4.07. The van der Waals surface area contributed by atoms with E-state index in [0.717, 1.165) is 11.3 Å². The standard InChI is InChI=1S/C23H19ClN4O5/c1-11-7-8-12(28(32)33)10-16(11)27-20(29)17-15-6-3-9-26(15)23(18(17)21(27)30)13-4-2-5-14(24)19(13)25-22(23)31/h2,4-5,7-8,10,15,17-18H,3,6,9H2,1H3,(H,25,31)/t15-,17-,18+,23-/m1/s1. The maximum absolute atomic E-state index is 14.0. The Balaban J connectivity index is 1.56. The van der Waals surface area contributed by atoms with E-state index in [9.17, 15) is 24.5 Å². The number of rotatable bonds is 2. The largest absolute Gasteiger partial charge is 0.323 e. The van der Waals surface area contributed by atoms with Gasteiger partial charge in [0.2, 0.25) is 11.8 Å². The van der Waals surface area contributed by atoms with E-state index in [0.29, 0.717) is 34.8 Å². The minimum Gasteiger partial charge on any atom is -0.323 e. The first kappa shape index (κ1) is 20.3. The third kappa shape index (κ3) is 2.33. The van der Waals surface area contributed by atoms with Gasteiger partial charge in [0.05, 0.1) is 33.2 Å². The van der Waals surface area contributed by atoms with Gasteiger partial charge in [0, 0.05) is 23.7 Å². The van der Waals surface area contributed by atoms with E-state index >= 15 is 0 Å². The van der Waals surface area contributed by atoms with Crippen molar-refractivity contribution in [2.24, 2.45) is 11.8 Å². The fourth-order valence-corrected chi connectivity index (χ4v) is 6.61. The van der Waals surface area contributed by atoms with Crippen LogP contribution in [-0.2, 0) is 19.9 Å². The Morgan fingerprint density at radius 3 is 2.73 bits per heavy atom. The van der Waals surface area contributed by atoms with Gasteiger partial charge in [0.1, 0.15) is 5.54 Å². The summed E-state index contributed by atoms with van der Waals surface area (Å²) in [4.78, 5) is 55.2. The molecule has 0 unspecified atom stereocenters. The molecule has 9 nitrogen and oxygen atoms in total. The number of nitro groups is 1. The fourth-order valence-electron chi connectivity index (χ4n) is 6.38. The van der Waals surface area contributed by atoms with Crippen LogP contribution in [0.3, 0.4) is 0 Å². The second-order valence-corrected chi connectivity index (χ2v) is 9.44. The number of carbonyl (C=O) groups excluding carboxylic acids is 3. The van der Waals surface area contributed by atoms with Gasteiger partial charge in [-0.15, -0.1) is 0 Å². The van der Waals surface area contributed by atoms with Crippen molar-refractivity contribution >= 4 is 46.4 Å². The van der Waals surface area contributed by atoms with E-state index in [1.807, 2.05) is 4.90 Å². The maximum Gasteiger partial charge on any atom is 0.271 e. The van der Waals surface area contributed by atoms with Crippen LogP contribution in [0.2, 0.25) is 5.02 Å². The van der Waals surface area contributed by atoms with Gasteiger partial charge in [-0.05, 0) is 37.9 Å². The Labute approximate surface area is 193 Å². The summed E-state index contributed by atoms with van der Waals surface area (Å²) in [5, 5.41) is 14.6. The predicted octanol–water partition coefficient (Wildman–Crippen LogP) is 2.99. The zero-order chi connectivity index (χ0) is 23.2. The van der Waals surface area contributed by atoms with Crippen molar-refractivity contribution in [2.45, 2.75) is 31.3 Å². The van der Waals surface area contributed by atoms with Crippen LogP contribution >= 0.6 is 11.6 Å². The molecule has 0 aliphatic carbocycles. The normalized spacial score (nSPS) is 30.1. The van der Waals surface area contributed by atoms with Crippen LogP contribution in [-0.4, -0.2) is 40.1 Å². The van der Waals surface area contributed by atoms with Crippen LogP contribution < -0.4 is 10.2 Å². The zero-order valence-electron chi connectivity index (χ0n) is 17.6. The molecule has 3 saturated heterocycles. The first-order valence-corrected chi connectivity index (χ1v) is 11.2. The summed E-state index contributed by atoms with van der Waals surface area (Å²) >= 11 is 6.38. The summed E-state index contributed by atoms with van der Waals surface area (Å²) < 4.78 is 0. The Bertz CT molecular complexity index is 1300. The average molecular weight is 467 g/mol. The van der Waals surface area contributed by atoms with Crippen molar-refractivity contribution < 1.29 is 19.3 Å². The number of imide groups is 1. The molecule has 4 aliphatic heterocycles. The molecule has 0 bridgehead atoms. The summed E-state index contributed by atoms with van der Waals surface area (Å²) in [5.41, 5.74) is 0.305. The molecule has 2 aromatic carbocycles. The number of fused-ring (bicyclic) bond motifs is 7. The Morgan fingerprint density at radius 2 is 1.97 bits per heavy atom. The van der Waals surface area contributed by atoms with Crippen LogP contribution in [0.25, 0.3) is 0 Å². The molecule has 0 aromatic heterocycles. The van der Waals surface area contributed by atoms with Gasteiger partial charge < -0.3 is 5.32 Å². The first-order chi connectivity index (χ1) is 15.8. The quantitative estimate of drug-likeness (QED) is 0.413. The number of hydrogen-bond acceptors (Lipinski definition) is 6. The van der Waals surface area contributed by atoms with Crippen LogP contribution in [0.1, 0.15) is 24.0 Å². The fraction of sp³-hybridized carbons (Fsp3) is 0.348. The van der Waals surface area contributed by atoms with Crippen molar-refractivity contribution in [1.29, 1.82) is 0 Å². The number of para-hydroxylation sites is 1. The predicted molar refractivity (Wildman–Crippen MR) is 119 cm³/mol. The third-order valence-electron chi connectivity index (χ3n) is 7.62. The summed E-state index contributed by atoms with van der Waals surface area (Å²) in [5.74, 6) is -2.93. The molecule has 1 spiro atoms. The number of carbonyl (C=O) groups is 3. The number of nitrogens with one attached hydrogen (secondary N) is 1. The molecule has 33 heavy (non-hydrogen) atoms. The van der Waals surface area contributed by atoms with Crippen molar-refractivity contribution in [1.82, 2.24) is 4.90 Å². The smallest absolute Gasteiger partial charge is 0.271 e. The van der Waals surface area contributed by atoms with Crippen LogP contribution in [0.4, 0.5) is 17.1 Å². The highest BCUT2D eigenvalue weighted by Crippen LogP contribution is 2.61. The number of benzene rings is 2. The Hall–Kier alpha value is -3.30. The van der Waals surface area contributed by atoms with E-state index in [1.54, 1.807) is 25.1 Å². The van der Waals surface area contributed by atoms with E-state index in [-0.39, 0.29) is 23.3 Å². The molecule has 168 valence electrons. The summed E-state index contributed by atoms with van der Waals surface area (Å²) in [6.45, 7) is 2.29. The van der Waals surface area contributed by atoms with Crippen LogP contribution in [0, 0.1) is 28.9 Å². The molecule has 10 heteroatoms. The molecule has 4 aliphatic rings. The lowest BCUT2D eigenvalue weighted by Gasteiger charge is -2.36. The summed E-state index contributed by atoms with van der Waals surface area (Å²) in [7, 11) is 0. The van der Waals surface area contributed by atoms with Gasteiger partial charge in [0.15, 0.2) is 0 Å². The zero-order valence-corrected chi connectivity index (χ0v) is 18.3. The molecule has 2 aromatic rings. The van der Waals surface area contributed by atoms with Crippen molar-refractivity contribution in [3.8, 4) is 0 Å². The molecule has 6 rings (SSSR count). The molecular weight excluding hydrogens is 448 g/mol. The highest BCUT2D eigenvalue weighted by atomic mass is 35.5. The molecule has 4 heterocycles. The Morgan fingerprint density at radius 1 is 1.18 bits per heavy atom.